The van der Waals surface area contributed by atoms with E-state index in [0.717, 1.165) is 11.1 Å². The normalized spacial score (nSPS) is 18.3. The molecule has 1 atom stereocenters. The fraction of sp³-hybridized carbons (Fsp3) is 0.143. The number of fused-ring (bicyclic) bond motifs is 1. The third-order valence-corrected chi connectivity index (χ3v) is 3.54. The highest BCUT2D eigenvalue weighted by Crippen LogP contribution is 2.32. The van der Waals surface area contributed by atoms with E-state index >= 15 is 0 Å². The average Bonchev–Trinajstić information content (AvgIpc) is 2.39. The molecule has 2 aromatic rings. The molecule has 0 saturated carbocycles. The molecular weight excluding hydrogens is 276 g/mol. The molecule has 17 heavy (non-hydrogen) atoms. The Balaban J connectivity index is 2.08. The SMILES string of the molecule is Brc1ccc2c(c1)[C@@H](c1ccccc1)NCN2. The minimum Gasteiger partial charge on any atom is -0.372 e. The van der Waals surface area contributed by atoms with Crippen molar-refractivity contribution in [2.24, 2.45) is 0 Å². The van der Waals surface area contributed by atoms with Gasteiger partial charge in [0.15, 0.2) is 0 Å². The van der Waals surface area contributed by atoms with Gasteiger partial charge in [0.25, 0.3) is 0 Å². The fourth-order valence-electron chi connectivity index (χ4n) is 2.23. The topological polar surface area (TPSA) is 24.1 Å². The number of halogens is 1. The summed E-state index contributed by atoms with van der Waals surface area (Å²) in [5.41, 5.74) is 3.80. The van der Waals surface area contributed by atoms with Crippen molar-refractivity contribution in [3.8, 4) is 0 Å². The van der Waals surface area contributed by atoms with Gasteiger partial charge in [-0.1, -0.05) is 46.3 Å². The van der Waals surface area contributed by atoms with E-state index in [9.17, 15) is 0 Å². The molecule has 2 nitrogen and oxygen atoms in total. The van der Waals surface area contributed by atoms with Gasteiger partial charge < -0.3 is 5.32 Å². The van der Waals surface area contributed by atoms with Crippen molar-refractivity contribution in [3.05, 3.63) is 64.1 Å². The quantitative estimate of drug-likeness (QED) is 0.839. The first-order valence-electron chi connectivity index (χ1n) is 5.66. The van der Waals surface area contributed by atoms with E-state index in [0.29, 0.717) is 0 Å². The molecule has 0 aliphatic carbocycles. The smallest absolute Gasteiger partial charge is 0.0660 e. The lowest BCUT2D eigenvalue weighted by Gasteiger charge is -2.28. The van der Waals surface area contributed by atoms with Gasteiger partial charge in [0, 0.05) is 10.2 Å². The van der Waals surface area contributed by atoms with Crippen LogP contribution in [0.4, 0.5) is 5.69 Å². The molecule has 1 aliphatic heterocycles. The van der Waals surface area contributed by atoms with Crippen LogP contribution in [-0.2, 0) is 0 Å². The van der Waals surface area contributed by atoms with Gasteiger partial charge in [0.2, 0.25) is 0 Å². The Morgan fingerprint density at radius 3 is 2.71 bits per heavy atom. The van der Waals surface area contributed by atoms with Crippen molar-refractivity contribution >= 4 is 21.6 Å². The molecule has 0 radical (unpaired) electrons. The number of benzene rings is 2. The summed E-state index contributed by atoms with van der Waals surface area (Å²) >= 11 is 3.53. The standard InChI is InChI=1S/C14H13BrN2/c15-11-6-7-13-12(8-11)14(17-9-16-13)10-4-2-1-3-5-10/h1-8,14,16-17H,9H2/t14-/m1/s1. The van der Waals surface area contributed by atoms with Crippen LogP contribution in [0.5, 0.6) is 0 Å². The third kappa shape index (κ3) is 2.08. The Morgan fingerprint density at radius 2 is 1.88 bits per heavy atom. The second-order valence-corrected chi connectivity index (χ2v) is 5.05. The lowest BCUT2D eigenvalue weighted by molar-refractivity contribution is 0.615. The first-order chi connectivity index (χ1) is 8.34. The lowest BCUT2D eigenvalue weighted by atomic mass is 9.96. The summed E-state index contributed by atoms with van der Waals surface area (Å²) < 4.78 is 1.11. The summed E-state index contributed by atoms with van der Waals surface area (Å²) in [5, 5.41) is 6.84. The molecular formula is C14H13BrN2. The number of hydrogen-bond donors (Lipinski definition) is 2. The van der Waals surface area contributed by atoms with Crippen LogP contribution in [0, 0.1) is 0 Å². The first kappa shape index (κ1) is 10.8. The van der Waals surface area contributed by atoms with Crippen LogP contribution in [0.3, 0.4) is 0 Å². The Morgan fingerprint density at radius 1 is 1.06 bits per heavy atom. The molecule has 2 aromatic carbocycles. The monoisotopic (exact) mass is 288 g/mol. The Labute approximate surface area is 109 Å². The summed E-state index contributed by atoms with van der Waals surface area (Å²) in [6.45, 7) is 0.800. The largest absolute Gasteiger partial charge is 0.372 e. The molecule has 3 rings (SSSR count). The van der Waals surface area contributed by atoms with Crippen molar-refractivity contribution in [3.63, 3.8) is 0 Å². The number of rotatable bonds is 1. The zero-order valence-corrected chi connectivity index (χ0v) is 10.9. The zero-order chi connectivity index (χ0) is 11.7. The second-order valence-electron chi connectivity index (χ2n) is 4.13. The highest BCUT2D eigenvalue weighted by Gasteiger charge is 2.20. The van der Waals surface area contributed by atoms with E-state index < -0.39 is 0 Å². The summed E-state index contributed by atoms with van der Waals surface area (Å²) in [6.07, 6.45) is 0. The van der Waals surface area contributed by atoms with Crippen LogP contribution in [0.2, 0.25) is 0 Å². The average molecular weight is 289 g/mol. The second kappa shape index (κ2) is 4.51. The molecule has 1 heterocycles. The predicted molar refractivity (Wildman–Crippen MR) is 74.1 cm³/mol. The van der Waals surface area contributed by atoms with Crippen molar-refractivity contribution in [2.75, 3.05) is 12.0 Å². The van der Waals surface area contributed by atoms with E-state index in [4.69, 9.17) is 0 Å². The minimum atomic E-state index is 0.268. The molecule has 0 spiro atoms. The Bertz CT molecular complexity index is 525. The third-order valence-electron chi connectivity index (χ3n) is 3.04. The van der Waals surface area contributed by atoms with Crippen LogP contribution in [0.1, 0.15) is 17.2 Å². The molecule has 1 aliphatic rings. The Hall–Kier alpha value is -1.32. The molecule has 3 heteroatoms. The summed E-state index contributed by atoms with van der Waals surface area (Å²) in [7, 11) is 0. The van der Waals surface area contributed by atoms with Gasteiger partial charge in [-0.25, -0.2) is 0 Å². The van der Waals surface area contributed by atoms with Crippen LogP contribution in [0.15, 0.2) is 53.0 Å². The number of nitrogens with one attached hydrogen (secondary N) is 2. The number of anilines is 1. The maximum atomic E-state index is 3.53. The van der Waals surface area contributed by atoms with Gasteiger partial charge in [-0.15, -0.1) is 0 Å². The van der Waals surface area contributed by atoms with Crippen molar-refractivity contribution in [1.82, 2.24) is 5.32 Å². The highest BCUT2D eigenvalue weighted by molar-refractivity contribution is 9.10. The summed E-state index contributed by atoms with van der Waals surface area (Å²) in [6, 6.07) is 17.2. The van der Waals surface area contributed by atoms with Crippen LogP contribution in [-0.4, -0.2) is 6.67 Å². The van der Waals surface area contributed by atoms with E-state index in [2.05, 4.69) is 69.0 Å². The van der Waals surface area contributed by atoms with Gasteiger partial charge in [0.1, 0.15) is 0 Å². The summed E-state index contributed by atoms with van der Waals surface area (Å²) in [5.74, 6) is 0. The summed E-state index contributed by atoms with van der Waals surface area (Å²) in [4.78, 5) is 0. The molecule has 86 valence electrons. The van der Waals surface area contributed by atoms with Gasteiger partial charge in [-0.3, -0.25) is 5.32 Å². The van der Waals surface area contributed by atoms with Crippen molar-refractivity contribution < 1.29 is 0 Å². The van der Waals surface area contributed by atoms with E-state index in [-0.39, 0.29) is 6.04 Å². The number of hydrogen-bond acceptors (Lipinski definition) is 2. The highest BCUT2D eigenvalue weighted by atomic mass is 79.9. The maximum Gasteiger partial charge on any atom is 0.0660 e. The Kier molecular flexibility index (Phi) is 2.87. The van der Waals surface area contributed by atoms with Crippen molar-refractivity contribution in [2.45, 2.75) is 6.04 Å². The van der Waals surface area contributed by atoms with Gasteiger partial charge in [-0.2, -0.15) is 0 Å². The van der Waals surface area contributed by atoms with Gasteiger partial charge in [-0.05, 0) is 29.3 Å². The van der Waals surface area contributed by atoms with Crippen LogP contribution in [0.25, 0.3) is 0 Å². The first-order valence-corrected chi connectivity index (χ1v) is 6.45. The van der Waals surface area contributed by atoms with E-state index in [1.165, 1.54) is 16.8 Å². The van der Waals surface area contributed by atoms with Crippen molar-refractivity contribution in [1.29, 1.82) is 0 Å². The maximum absolute atomic E-state index is 3.53. The van der Waals surface area contributed by atoms with Gasteiger partial charge in [0.05, 0.1) is 12.7 Å². The van der Waals surface area contributed by atoms with Crippen LogP contribution < -0.4 is 10.6 Å². The molecule has 0 fully saturated rings. The predicted octanol–water partition coefficient (Wildman–Crippen LogP) is 3.51. The van der Waals surface area contributed by atoms with E-state index in [1.54, 1.807) is 0 Å². The lowest BCUT2D eigenvalue weighted by Crippen LogP contribution is -2.33. The molecule has 0 unspecified atom stereocenters. The minimum absolute atomic E-state index is 0.268. The van der Waals surface area contributed by atoms with E-state index in [1.807, 2.05) is 6.07 Å². The molecule has 0 amide bonds. The fourth-order valence-corrected chi connectivity index (χ4v) is 2.61. The zero-order valence-electron chi connectivity index (χ0n) is 9.28. The molecule has 2 N–H and O–H groups in total. The van der Waals surface area contributed by atoms with Gasteiger partial charge >= 0.3 is 0 Å². The van der Waals surface area contributed by atoms with Crippen LogP contribution >= 0.6 is 15.9 Å². The molecule has 0 saturated heterocycles. The molecule has 0 bridgehead atoms. The molecule has 0 aromatic heterocycles.